The zero-order chi connectivity index (χ0) is 15.3. The lowest BCUT2D eigenvalue weighted by Gasteiger charge is -2.16. The van der Waals surface area contributed by atoms with Gasteiger partial charge >= 0.3 is 6.03 Å². The molecule has 1 aromatic rings. The number of hydrogen-bond acceptors (Lipinski definition) is 4. The number of rotatable bonds is 4. The smallest absolute Gasteiger partial charge is 0.321 e. The van der Waals surface area contributed by atoms with Gasteiger partial charge in [-0.15, -0.1) is 0 Å². The number of nitrogens with one attached hydrogen (secondary N) is 2. The molecule has 0 saturated heterocycles. The van der Waals surface area contributed by atoms with E-state index in [2.05, 4.69) is 26.6 Å². The number of halogens is 2. The van der Waals surface area contributed by atoms with Crippen LogP contribution in [-0.2, 0) is 4.79 Å². The fourth-order valence-electron chi connectivity index (χ4n) is 1.31. The van der Waals surface area contributed by atoms with Crippen molar-refractivity contribution in [1.82, 2.24) is 10.6 Å². The van der Waals surface area contributed by atoms with Gasteiger partial charge in [0, 0.05) is 12.6 Å². The van der Waals surface area contributed by atoms with E-state index in [1.54, 1.807) is 6.92 Å². The first-order valence-electron chi connectivity index (χ1n) is 5.85. The Hall–Kier alpha value is -1.83. The zero-order valence-corrected chi connectivity index (χ0v) is 12.6. The van der Waals surface area contributed by atoms with Gasteiger partial charge in [0.05, 0.1) is 10.2 Å². The van der Waals surface area contributed by atoms with Crippen LogP contribution in [0.15, 0.2) is 16.6 Å². The Balaban J connectivity index is 2.71. The predicted molar refractivity (Wildman–Crippen MR) is 75.8 cm³/mol. The lowest BCUT2D eigenvalue weighted by Crippen LogP contribution is -2.45. The van der Waals surface area contributed by atoms with Crippen LogP contribution in [0.25, 0.3) is 0 Å². The van der Waals surface area contributed by atoms with E-state index in [9.17, 15) is 14.0 Å². The Morgan fingerprint density at radius 1 is 1.50 bits per heavy atom. The highest BCUT2D eigenvalue weighted by molar-refractivity contribution is 9.10. The second-order valence-electron chi connectivity index (χ2n) is 3.91. The maximum atomic E-state index is 13.4. The van der Waals surface area contributed by atoms with E-state index < -0.39 is 23.9 Å². The number of hydrogen-bond donors (Lipinski definition) is 3. The van der Waals surface area contributed by atoms with E-state index in [1.165, 1.54) is 13.0 Å². The molecule has 0 aliphatic carbocycles. The number of carbonyl (C=O) groups excluding carboxylic acids is 2. The molecule has 20 heavy (non-hydrogen) atoms. The van der Waals surface area contributed by atoms with E-state index in [0.717, 1.165) is 6.07 Å². The highest BCUT2D eigenvalue weighted by atomic mass is 79.9. The number of nitrogens with two attached hydrogens (primary N) is 1. The number of nitrogen functional groups attached to an aromatic ring is 1. The number of amides is 3. The van der Waals surface area contributed by atoms with Crippen LogP contribution >= 0.6 is 15.9 Å². The normalized spacial score (nSPS) is 11.6. The van der Waals surface area contributed by atoms with Crippen molar-refractivity contribution in [2.24, 2.45) is 0 Å². The fourth-order valence-corrected chi connectivity index (χ4v) is 1.67. The summed E-state index contributed by atoms with van der Waals surface area (Å²) in [5.74, 6) is -1.19. The first-order chi connectivity index (χ1) is 9.35. The average molecular weight is 348 g/mol. The van der Waals surface area contributed by atoms with Gasteiger partial charge in [-0.25, -0.2) is 9.18 Å². The highest BCUT2D eigenvalue weighted by Crippen LogP contribution is 2.29. The first kappa shape index (κ1) is 16.2. The monoisotopic (exact) mass is 347 g/mol. The molecule has 0 aliphatic heterocycles. The third-order valence-electron chi connectivity index (χ3n) is 2.30. The van der Waals surface area contributed by atoms with Crippen molar-refractivity contribution >= 4 is 33.6 Å². The van der Waals surface area contributed by atoms with E-state index in [1.807, 2.05) is 0 Å². The van der Waals surface area contributed by atoms with Gasteiger partial charge in [0.1, 0.15) is 11.6 Å². The van der Waals surface area contributed by atoms with Gasteiger partial charge < -0.3 is 15.8 Å². The van der Waals surface area contributed by atoms with E-state index in [-0.39, 0.29) is 15.9 Å². The number of ether oxygens (including phenoxy) is 1. The Morgan fingerprint density at radius 2 is 2.15 bits per heavy atom. The largest absolute Gasteiger partial charge is 0.479 e. The minimum atomic E-state index is -1.000. The van der Waals surface area contributed by atoms with E-state index in [0.29, 0.717) is 6.54 Å². The number of benzene rings is 1. The molecule has 1 aromatic carbocycles. The molecule has 1 atom stereocenters. The molecule has 0 heterocycles. The van der Waals surface area contributed by atoms with Gasteiger partial charge in [0.25, 0.3) is 5.91 Å². The van der Waals surface area contributed by atoms with Crippen LogP contribution in [-0.4, -0.2) is 24.6 Å². The molecule has 1 unspecified atom stereocenters. The van der Waals surface area contributed by atoms with Crippen LogP contribution in [0.4, 0.5) is 14.9 Å². The number of anilines is 1. The second-order valence-corrected chi connectivity index (χ2v) is 4.77. The molecule has 0 bridgehead atoms. The average Bonchev–Trinajstić information content (AvgIpc) is 2.35. The summed E-state index contributed by atoms with van der Waals surface area (Å²) in [5.41, 5.74) is 5.83. The van der Waals surface area contributed by atoms with Gasteiger partial charge in [0.2, 0.25) is 0 Å². The molecule has 8 heteroatoms. The summed E-state index contributed by atoms with van der Waals surface area (Å²) in [6.07, 6.45) is -1.000. The summed E-state index contributed by atoms with van der Waals surface area (Å²) in [6.45, 7) is 3.53. The van der Waals surface area contributed by atoms with Gasteiger partial charge in [0.15, 0.2) is 6.10 Å². The molecule has 0 saturated carbocycles. The SMILES string of the molecule is CCNC(=O)NC(=O)C(C)Oc1cc(F)c(Br)cc1N. The number of carbonyl (C=O) groups is 2. The molecular weight excluding hydrogens is 333 g/mol. The lowest BCUT2D eigenvalue weighted by molar-refractivity contribution is -0.126. The van der Waals surface area contributed by atoms with Crippen molar-refractivity contribution in [1.29, 1.82) is 0 Å². The zero-order valence-electron chi connectivity index (χ0n) is 11.0. The van der Waals surface area contributed by atoms with Crippen molar-refractivity contribution in [2.75, 3.05) is 12.3 Å². The summed E-state index contributed by atoms with van der Waals surface area (Å²) in [7, 11) is 0. The minimum absolute atomic E-state index is 0.0317. The maximum Gasteiger partial charge on any atom is 0.321 e. The van der Waals surface area contributed by atoms with Crippen LogP contribution in [0, 0.1) is 5.82 Å². The van der Waals surface area contributed by atoms with E-state index in [4.69, 9.17) is 10.5 Å². The fraction of sp³-hybridized carbons (Fsp3) is 0.333. The Morgan fingerprint density at radius 3 is 2.75 bits per heavy atom. The van der Waals surface area contributed by atoms with Crippen LogP contribution < -0.4 is 21.1 Å². The first-order valence-corrected chi connectivity index (χ1v) is 6.64. The second kappa shape index (κ2) is 7.09. The minimum Gasteiger partial charge on any atom is -0.479 e. The third kappa shape index (κ3) is 4.37. The Labute approximate surface area is 124 Å². The molecule has 4 N–H and O–H groups in total. The molecular formula is C12H15BrFN3O3. The summed E-state index contributed by atoms with van der Waals surface area (Å²) in [6, 6.07) is 1.77. The van der Waals surface area contributed by atoms with Crippen molar-refractivity contribution in [2.45, 2.75) is 20.0 Å². The molecule has 110 valence electrons. The van der Waals surface area contributed by atoms with Gasteiger partial charge in [-0.3, -0.25) is 10.1 Å². The number of urea groups is 1. The molecule has 1 rings (SSSR count). The molecule has 0 spiro atoms. The Kier molecular flexibility index (Phi) is 5.75. The molecule has 0 aromatic heterocycles. The molecule has 6 nitrogen and oxygen atoms in total. The predicted octanol–water partition coefficient (Wildman–Crippen LogP) is 1.78. The third-order valence-corrected chi connectivity index (χ3v) is 2.91. The molecule has 0 radical (unpaired) electrons. The van der Waals surface area contributed by atoms with Crippen molar-refractivity contribution in [3.05, 3.63) is 22.4 Å². The quantitative estimate of drug-likeness (QED) is 0.723. The highest BCUT2D eigenvalue weighted by Gasteiger charge is 2.19. The van der Waals surface area contributed by atoms with Crippen molar-refractivity contribution < 1.29 is 18.7 Å². The molecule has 3 amide bonds. The topological polar surface area (TPSA) is 93.5 Å². The van der Waals surface area contributed by atoms with E-state index >= 15 is 0 Å². The summed E-state index contributed by atoms with van der Waals surface area (Å²) >= 11 is 2.98. The summed E-state index contributed by atoms with van der Waals surface area (Å²) in [4.78, 5) is 22.8. The van der Waals surface area contributed by atoms with Crippen LogP contribution in [0.5, 0.6) is 5.75 Å². The summed E-state index contributed by atoms with van der Waals surface area (Å²) in [5, 5.41) is 4.49. The molecule has 0 aliphatic rings. The number of imide groups is 1. The summed E-state index contributed by atoms with van der Waals surface area (Å²) < 4.78 is 18.8. The van der Waals surface area contributed by atoms with Crippen LogP contribution in [0.3, 0.4) is 0 Å². The van der Waals surface area contributed by atoms with Crippen molar-refractivity contribution in [3.63, 3.8) is 0 Å². The Bertz CT molecular complexity index is 525. The standard InChI is InChI=1S/C12H15BrFN3O3/c1-3-16-12(19)17-11(18)6(2)20-10-5-8(14)7(13)4-9(10)15/h4-6H,3,15H2,1-2H3,(H2,16,17,18,19). The lowest BCUT2D eigenvalue weighted by atomic mass is 10.3. The van der Waals surface area contributed by atoms with Gasteiger partial charge in [-0.05, 0) is 35.8 Å². The molecule has 0 fully saturated rings. The van der Waals surface area contributed by atoms with Crippen LogP contribution in [0.2, 0.25) is 0 Å². The van der Waals surface area contributed by atoms with Gasteiger partial charge in [-0.2, -0.15) is 0 Å². The van der Waals surface area contributed by atoms with Crippen molar-refractivity contribution in [3.8, 4) is 5.75 Å². The van der Waals surface area contributed by atoms with Crippen LogP contribution in [0.1, 0.15) is 13.8 Å². The van der Waals surface area contributed by atoms with Gasteiger partial charge in [-0.1, -0.05) is 0 Å². The maximum absolute atomic E-state index is 13.4.